The van der Waals surface area contributed by atoms with Gasteiger partial charge in [-0.2, -0.15) is 0 Å². The summed E-state index contributed by atoms with van der Waals surface area (Å²) in [6.45, 7) is 6.61. The van der Waals surface area contributed by atoms with Crippen molar-refractivity contribution in [2.24, 2.45) is 0 Å². The maximum absolute atomic E-state index is 6.32. The molecule has 1 heterocycles. The van der Waals surface area contributed by atoms with Crippen LogP contribution in [0.5, 0.6) is 0 Å². The number of allylic oxidation sites excluding steroid dienone is 1. The molecule has 3 nitrogen and oxygen atoms in total. The highest BCUT2D eigenvalue weighted by molar-refractivity contribution is 7.98. The summed E-state index contributed by atoms with van der Waals surface area (Å²) in [5.74, 6) is 1.62. The average molecular weight is 356 g/mol. The molecule has 1 aromatic heterocycles. The number of hydrogen-bond donors (Lipinski definition) is 0. The third-order valence-electron chi connectivity index (χ3n) is 3.76. The zero-order chi connectivity index (χ0) is 16.9. The minimum absolute atomic E-state index is 0.643. The van der Waals surface area contributed by atoms with E-state index in [-0.39, 0.29) is 0 Å². The quantitative estimate of drug-likeness (QED) is 0.439. The van der Waals surface area contributed by atoms with Gasteiger partial charge in [-0.1, -0.05) is 65.8 Å². The Morgan fingerprint density at radius 2 is 1.88 bits per heavy atom. The Balaban J connectivity index is 1.90. The lowest BCUT2D eigenvalue weighted by atomic mass is 10.1. The minimum Gasteiger partial charge on any atom is -0.298 e. The molecule has 0 fully saturated rings. The molecule has 3 rings (SSSR count). The van der Waals surface area contributed by atoms with E-state index < -0.39 is 0 Å². The van der Waals surface area contributed by atoms with Crippen molar-refractivity contribution in [1.29, 1.82) is 0 Å². The number of nitrogens with zero attached hydrogens (tertiary/aromatic N) is 3. The fourth-order valence-electron chi connectivity index (χ4n) is 2.45. The lowest BCUT2D eigenvalue weighted by molar-refractivity contribution is 0.731. The standard InChI is InChI=1S/C19H18ClN3S/c1-3-12-23-18(16-10-6-7-11-17(16)20)21-22-19(23)24-13-15-9-5-4-8-14(15)2/h3-11H,1,12-13H2,2H3. The lowest BCUT2D eigenvalue weighted by Crippen LogP contribution is -2.01. The number of hydrogen-bond acceptors (Lipinski definition) is 3. The normalized spacial score (nSPS) is 10.8. The molecule has 0 saturated heterocycles. The first-order valence-electron chi connectivity index (χ1n) is 7.67. The second-order valence-electron chi connectivity index (χ2n) is 5.40. The molecule has 0 atom stereocenters. The first kappa shape index (κ1) is 16.8. The second-order valence-corrected chi connectivity index (χ2v) is 6.75. The van der Waals surface area contributed by atoms with Crippen LogP contribution < -0.4 is 0 Å². The predicted molar refractivity (Wildman–Crippen MR) is 101 cm³/mol. The molecule has 0 amide bonds. The molecule has 0 aliphatic rings. The van der Waals surface area contributed by atoms with Crippen molar-refractivity contribution < 1.29 is 0 Å². The molecule has 3 aromatic rings. The Morgan fingerprint density at radius 3 is 2.62 bits per heavy atom. The number of halogens is 1. The van der Waals surface area contributed by atoms with Crippen LogP contribution in [0.1, 0.15) is 11.1 Å². The van der Waals surface area contributed by atoms with Crippen LogP contribution in [0.4, 0.5) is 0 Å². The SMILES string of the molecule is C=CCn1c(SCc2ccccc2C)nnc1-c1ccccc1Cl. The van der Waals surface area contributed by atoms with Crippen molar-refractivity contribution in [3.8, 4) is 11.4 Å². The third kappa shape index (κ3) is 3.55. The molecule has 0 aliphatic carbocycles. The van der Waals surface area contributed by atoms with E-state index in [0.717, 1.165) is 22.3 Å². The highest BCUT2D eigenvalue weighted by Crippen LogP contribution is 2.30. The molecule has 0 aliphatic heterocycles. The van der Waals surface area contributed by atoms with Gasteiger partial charge < -0.3 is 0 Å². The van der Waals surface area contributed by atoms with Gasteiger partial charge in [0.1, 0.15) is 0 Å². The van der Waals surface area contributed by atoms with Gasteiger partial charge in [0, 0.05) is 17.9 Å². The van der Waals surface area contributed by atoms with Crippen LogP contribution in [0, 0.1) is 6.92 Å². The van der Waals surface area contributed by atoms with Crippen molar-refractivity contribution in [2.75, 3.05) is 0 Å². The van der Waals surface area contributed by atoms with Crippen LogP contribution in [0.3, 0.4) is 0 Å². The molecule has 122 valence electrons. The Hall–Kier alpha value is -2.04. The molecule has 0 unspecified atom stereocenters. The molecule has 5 heteroatoms. The number of thioether (sulfide) groups is 1. The molecule has 0 bridgehead atoms. The van der Waals surface area contributed by atoms with E-state index in [2.05, 4.69) is 52.5 Å². The van der Waals surface area contributed by atoms with Gasteiger partial charge in [0.2, 0.25) is 0 Å². The zero-order valence-corrected chi connectivity index (χ0v) is 15.0. The summed E-state index contributed by atoms with van der Waals surface area (Å²) in [5.41, 5.74) is 3.47. The van der Waals surface area contributed by atoms with Crippen LogP contribution in [-0.4, -0.2) is 14.8 Å². The lowest BCUT2D eigenvalue weighted by Gasteiger charge is -2.09. The van der Waals surface area contributed by atoms with E-state index in [4.69, 9.17) is 11.6 Å². The zero-order valence-electron chi connectivity index (χ0n) is 13.4. The third-order valence-corrected chi connectivity index (χ3v) is 5.11. The number of benzene rings is 2. The maximum Gasteiger partial charge on any atom is 0.192 e. The topological polar surface area (TPSA) is 30.7 Å². The largest absolute Gasteiger partial charge is 0.298 e. The van der Waals surface area contributed by atoms with Gasteiger partial charge in [-0.05, 0) is 30.2 Å². The molecular weight excluding hydrogens is 338 g/mol. The summed E-state index contributed by atoms with van der Waals surface area (Å²) in [5, 5.41) is 10.3. The minimum atomic E-state index is 0.643. The Bertz CT molecular complexity index is 857. The molecular formula is C19H18ClN3S. The smallest absolute Gasteiger partial charge is 0.192 e. The number of aryl methyl sites for hydroxylation is 1. The number of aromatic nitrogens is 3. The molecule has 0 spiro atoms. The van der Waals surface area contributed by atoms with Crippen molar-refractivity contribution in [1.82, 2.24) is 14.8 Å². The van der Waals surface area contributed by atoms with Crippen molar-refractivity contribution in [3.05, 3.63) is 77.3 Å². The van der Waals surface area contributed by atoms with Crippen LogP contribution >= 0.6 is 23.4 Å². The molecule has 2 aromatic carbocycles. The second kappa shape index (κ2) is 7.69. The van der Waals surface area contributed by atoms with Gasteiger partial charge >= 0.3 is 0 Å². The van der Waals surface area contributed by atoms with Crippen molar-refractivity contribution >= 4 is 23.4 Å². The molecule has 24 heavy (non-hydrogen) atoms. The van der Waals surface area contributed by atoms with E-state index in [1.807, 2.05) is 30.3 Å². The predicted octanol–water partition coefficient (Wildman–Crippen LogP) is 5.39. The van der Waals surface area contributed by atoms with Gasteiger partial charge in [0.05, 0.1) is 5.02 Å². The van der Waals surface area contributed by atoms with E-state index in [1.165, 1.54) is 11.1 Å². The van der Waals surface area contributed by atoms with Crippen LogP contribution in [0.2, 0.25) is 5.02 Å². The highest BCUT2D eigenvalue weighted by atomic mass is 35.5. The Morgan fingerprint density at radius 1 is 1.12 bits per heavy atom. The van der Waals surface area contributed by atoms with E-state index in [9.17, 15) is 0 Å². The van der Waals surface area contributed by atoms with Crippen molar-refractivity contribution in [3.63, 3.8) is 0 Å². The summed E-state index contributed by atoms with van der Waals surface area (Å²) in [6.07, 6.45) is 1.85. The van der Waals surface area contributed by atoms with Crippen LogP contribution in [0.25, 0.3) is 11.4 Å². The summed E-state index contributed by atoms with van der Waals surface area (Å²) in [7, 11) is 0. The Kier molecular flexibility index (Phi) is 5.38. The highest BCUT2D eigenvalue weighted by Gasteiger charge is 2.15. The van der Waals surface area contributed by atoms with Crippen LogP contribution in [-0.2, 0) is 12.3 Å². The fraction of sp³-hybridized carbons (Fsp3) is 0.158. The first-order chi connectivity index (χ1) is 11.7. The summed E-state index contributed by atoms with van der Waals surface area (Å²) in [4.78, 5) is 0. The summed E-state index contributed by atoms with van der Waals surface area (Å²) < 4.78 is 2.05. The first-order valence-corrected chi connectivity index (χ1v) is 9.03. The van der Waals surface area contributed by atoms with Gasteiger partial charge in [-0.25, -0.2) is 0 Å². The Labute approximate surface area is 151 Å². The van der Waals surface area contributed by atoms with Crippen LogP contribution in [0.15, 0.2) is 66.3 Å². The van der Waals surface area contributed by atoms with E-state index in [1.54, 1.807) is 11.8 Å². The number of rotatable bonds is 6. The van der Waals surface area contributed by atoms with Gasteiger partial charge in [-0.3, -0.25) is 4.57 Å². The van der Waals surface area contributed by atoms with E-state index >= 15 is 0 Å². The fourth-order valence-corrected chi connectivity index (χ4v) is 3.69. The summed E-state index contributed by atoms with van der Waals surface area (Å²) in [6, 6.07) is 16.1. The maximum atomic E-state index is 6.32. The molecule has 0 saturated carbocycles. The van der Waals surface area contributed by atoms with Gasteiger partial charge in [0.15, 0.2) is 11.0 Å². The summed E-state index contributed by atoms with van der Waals surface area (Å²) >= 11 is 7.99. The van der Waals surface area contributed by atoms with E-state index in [0.29, 0.717) is 11.6 Å². The van der Waals surface area contributed by atoms with Crippen molar-refractivity contribution in [2.45, 2.75) is 24.4 Å². The van der Waals surface area contributed by atoms with Gasteiger partial charge in [0.25, 0.3) is 0 Å². The van der Waals surface area contributed by atoms with Gasteiger partial charge in [-0.15, -0.1) is 16.8 Å². The molecule has 0 radical (unpaired) electrons. The molecule has 0 N–H and O–H groups in total. The average Bonchev–Trinajstić information content (AvgIpc) is 2.98. The monoisotopic (exact) mass is 355 g/mol.